The molecule has 0 fully saturated rings. The van der Waals surface area contributed by atoms with Gasteiger partial charge in [-0.05, 0) is 37.0 Å². The van der Waals surface area contributed by atoms with Gasteiger partial charge in [-0.15, -0.1) is 0 Å². The maximum absolute atomic E-state index is 5.66. The zero-order valence-electron chi connectivity index (χ0n) is 11.2. The lowest BCUT2D eigenvalue weighted by molar-refractivity contribution is 0.115. The summed E-state index contributed by atoms with van der Waals surface area (Å²) in [5.74, 6) is 0. The lowest BCUT2D eigenvalue weighted by Gasteiger charge is -2.22. The molecule has 0 amide bonds. The van der Waals surface area contributed by atoms with Crippen molar-refractivity contribution in [3.8, 4) is 0 Å². The summed E-state index contributed by atoms with van der Waals surface area (Å²) < 4.78 is 5.61. The Balaban J connectivity index is 2.08. The molecule has 0 unspecified atom stereocenters. The molecule has 0 aliphatic rings. The van der Waals surface area contributed by atoms with E-state index in [0.29, 0.717) is 11.6 Å². The molecule has 1 heterocycles. The molecule has 4 heteroatoms. The topological polar surface area (TPSA) is 48.1 Å². The number of hydrogen-bond acceptors (Lipinski definition) is 3. The quantitative estimate of drug-likeness (QED) is 0.580. The molecule has 0 spiro atoms. The highest BCUT2D eigenvalue weighted by Gasteiger charge is 2.20. The molecular weight excluding hydrogens is 244 g/mol. The minimum absolute atomic E-state index is 0.111. The van der Waals surface area contributed by atoms with Crippen molar-refractivity contribution in [1.82, 2.24) is 4.98 Å². The van der Waals surface area contributed by atoms with E-state index >= 15 is 0 Å². The smallest absolute Gasteiger partial charge is 0.0785 e. The van der Waals surface area contributed by atoms with Gasteiger partial charge < -0.3 is 10.5 Å². The van der Waals surface area contributed by atoms with E-state index in [-0.39, 0.29) is 5.41 Å². The van der Waals surface area contributed by atoms with Gasteiger partial charge in [-0.25, -0.2) is 0 Å². The van der Waals surface area contributed by atoms with E-state index in [0.717, 1.165) is 25.9 Å². The van der Waals surface area contributed by atoms with E-state index in [1.807, 2.05) is 24.5 Å². The number of ether oxygens (including phenoxy) is 1. The Morgan fingerprint density at radius 3 is 2.61 bits per heavy atom. The molecule has 1 aromatic heterocycles. The van der Waals surface area contributed by atoms with Gasteiger partial charge in [0.1, 0.15) is 0 Å². The molecule has 0 bridgehead atoms. The van der Waals surface area contributed by atoms with Crippen LogP contribution in [0.1, 0.15) is 32.3 Å². The van der Waals surface area contributed by atoms with Crippen LogP contribution in [0.15, 0.2) is 24.5 Å². The molecule has 1 rings (SSSR count). The summed E-state index contributed by atoms with van der Waals surface area (Å²) in [6, 6.07) is 4.08. The fourth-order valence-corrected chi connectivity index (χ4v) is 1.58. The number of nitrogens with zero attached hydrogens (tertiary/aromatic N) is 1. The van der Waals surface area contributed by atoms with Crippen LogP contribution in [-0.2, 0) is 11.2 Å². The Morgan fingerprint density at radius 1 is 1.33 bits per heavy atom. The van der Waals surface area contributed by atoms with Gasteiger partial charge in [0.2, 0.25) is 0 Å². The highest BCUT2D eigenvalue weighted by Crippen LogP contribution is 2.20. The van der Waals surface area contributed by atoms with Crippen LogP contribution in [-0.4, -0.2) is 23.2 Å². The van der Waals surface area contributed by atoms with Crippen LogP contribution in [0.4, 0.5) is 0 Å². The van der Waals surface area contributed by atoms with Gasteiger partial charge in [-0.1, -0.05) is 26.1 Å². The number of nitrogens with two attached hydrogens (primary N) is 1. The second-order valence-electron chi connectivity index (χ2n) is 5.07. The summed E-state index contributed by atoms with van der Waals surface area (Å²) in [4.78, 5) is 4.55. The lowest BCUT2D eigenvalue weighted by atomic mass is 9.90. The van der Waals surface area contributed by atoms with Crippen LogP contribution in [0.5, 0.6) is 0 Å². The van der Waals surface area contributed by atoms with E-state index in [4.69, 9.17) is 22.7 Å². The van der Waals surface area contributed by atoms with Crippen molar-refractivity contribution in [3.63, 3.8) is 0 Å². The van der Waals surface area contributed by atoms with Crippen molar-refractivity contribution < 1.29 is 4.74 Å². The van der Waals surface area contributed by atoms with Gasteiger partial charge in [0.25, 0.3) is 0 Å². The summed E-state index contributed by atoms with van der Waals surface area (Å²) in [6.45, 7) is 5.59. The molecule has 2 N–H and O–H groups in total. The summed E-state index contributed by atoms with van der Waals surface area (Å²) in [7, 11) is 0. The van der Waals surface area contributed by atoms with Gasteiger partial charge in [0.15, 0.2) is 0 Å². The molecule has 0 atom stereocenters. The molecule has 3 nitrogen and oxygen atoms in total. The molecule has 0 saturated heterocycles. The zero-order valence-corrected chi connectivity index (χ0v) is 12.0. The standard InChI is InChI=1S/C14H22N2OS/c1-14(2,13(15)18)7-11-17-10-3-4-12-5-8-16-9-6-12/h5-6,8-9H,3-4,7,10-11H2,1-2H3,(H2,15,18). The maximum atomic E-state index is 5.66. The maximum Gasteiger partial charge on any atom is 0.0785 e. The Hall–Kier alpha value is -1.00. The highest BCUT2D eigenvalue weighted by molar-refractivity contribution is 7.80. The number of thiocarbonyl (C=S) groups is 1. The van der Waals surface area contributed by atoms with Crippen LogP contribution in [0, 0.1) is 5.41 Å². The average molecular weight is 266 g/mol. The molecule has 100 valence electrons. The largest absolute Gasteiger partial charge is 0.393 e. The first-order chi connectivity index (χ1) is 8.52. The fraction of sp³-hybridized carbons (Fsp3) is 0.571. The Labute approximate surface area is 115 Å². The number of rotatable bonds is 8. The van der Waals surface area contributed by atoms with Crippen LogP contribution < -0.4 is 5.73 Å². The molecule has 0 aliphatic heterocycles. The van der Waals surface area contributed by atoms with Gasteiger partial charge >= 0.3 is 0 Å². The fourth-order valence-electron chi connectivity index (χ4n) is 1.48. The van der Waals surface area contributed by atoms with E-state index in [1.165, 1.54) is 5.56 Å². The van der Waals surface area contributed by atoms with Crippen molar-refractivity contribution in [3.05, 3.63) is 30.1 Å². The van der Waals surface area contributed by atoms with Crippen molar-refractivity contribution in [2.75, 3.05) is 13.2 Å². The van der Waals surface area contributed by atoms with Crippen LogP contribution in [0.2, 0.25) is 0 Å². The summed E-state index contributed by atoms with van der Waals surface area (Å²) >= 11 is 5.01. The average Bonchev–Trinajstić information content (AvgIpc) is 2.34. The Bertz CT molecular complexity index is 365. The van der Waals surface area contributed by atoms with Crippen LogP contribution in [0.3, 0.4) is 0 Å². The predicted octanol–water partition coefficient (Wildman–Crippen LogP) is 2.73. The molecule has 0 radical (unpaired) electrons. The number of aromatic nitrogens is 1. The van der Waals surface area contributed by atoms with Crippen molar-refractivity contribution in [1.29, 1.82) is 0 Å². The zero-order chi connectivity index (χ0) is 13.4. The van der Waals surface area contributed by atoms with Crippen molar-refractivity contribution >= 4 is 17.2 Å². The lowest BCUT2D eigenvalue weighted by Crippen LogP contribution is -2.30. The molecular formula is C14H22N2OS. The third-order valence-electron chi connectivity index (χ3n) is 3.04. The SMILES string of the molecule is CC(C)(CCOCCCc1ccncc1)C(N)=S. The summed E-state index contributed by atoms with van der Waals surface area (Å²) in [5, 5.41) is 0. The third-order valence-corrected chi connectivity index (χ3v) is 3.59. The van der Waals surface area contributed by atoms with Crippen molar-refractivity contribution in [2.24, 2.45) is 11.1 Å². The molecule has 18 heavy (non-hydrogen) atoms. The monoisotopic (exact) mass is 266 g/mol. The number of aryl methyl sites for hydroxylation is 1. The van der Waals surface area contributed by atoms with Gasteiger partial charge in [0.05, 0.1) is 4.99 Å². The molecule has 0 aliphatic carbocycles. The van der Waals surface area contributed by atoms with E-state index < -0.39 is 0 Å². The molecule has 0 aromatic carbocycles. The van der Waals surface area contributed by atoms with Crippen LogP contribution in [0.25, 0.3) is 0 Å². The Kier molecular flexibility index (Phi) is 6.22. The van der Waals surface area contributed by atoms with E-state index in [9.17, 15) is 0 Å². The van der Waals surface area contributed by atoms with Crippen molar-refractivity contribution in [2.45, 2.75) is 33.1 Å². The van der Waals surface area contributed by atoms with E-state index in [2.05, 4.69) is 18.8 Å². The first-order valence-corrected chi connectivity index (χ1v) is 6.70. The second kappa shape index (κ2) is 7.44. The van der Waals surface area contributed by atoms with Crippen LogP contribution >= 0.6 is 12.2 Å². The second-order valence-corrected chi connectivity index (χ2v) is 5.51. The minimum Gasteiger partial charge on any atom is -0.393 e. The first-order valence-electron chi connectivity index (χ1n) is 6.29. The summed E-state index contributed by atoms with van der Waals surface area (Å²) in [5.41, 5.74) is 6.85. The number of hydrogen-bond donors (Lipinski definition) is 1. The van der Waals surface area contributed by atoms with Gasteiger partial charge in [-0.2, -0.15) is 0 Å². The molecule has 0 saturated carbocycles. The van der Waals surface area contributed by atoms with Gasteiger partial charge in [0, 0.05) is 31.0 Å². The Morgan fingerprint density at radius 2 is 2.00 bits per heavy atom. The predicted molar refractivity (Wildman–Crippen MR) is 78.6 cm³/mol. The minimum atomic E-state index is -0.111. The molecule has 1 aromatic rings. The van der Waals surface area contributed by atoms with E-state index in [1.54, 1.807) is 0 Å². The normalized spacial score (nSPS) is 11.4. The van der Waals surface area contributed by atoms with Gasteiger partial charge in [-0.3, -0.25) is 4.98 Å². The summed E-state index contributed by atoms with van der Waals surface area (Å²) in [6.07, 6.45) is 6.57. The number of pyridine rings is 1. The first kappa shape index (κ1) is 15.1. The third kappa shape index (κ3) is 5.56. The highest BCUT2D eigenvalue weighted by atomic mass is 32.1.